The number of benzene rings is 1. The summed E-state index contributed by atoms with van der Waals surface area (Å²) < 4.78 is 0. The molecule has 2 rings (SSSR count). The smallest absolute Gasteiger partial charge is 0.0450 e. The summed E-state index contributed by atoms with van der Waals surface area (Å²) in [5.74, 6) is 0.688. The first-order valence-corrected chi connectivity index (χ1v) is 7.94. The number of rotatable bonds is 2. The molecule has 0 aliphatic heterocycles. The summed E-state index contributed by atoms with van der Waals surface area (Å²) in [6.07, 6.45) is 8.01. The summed E-state index contributed by atoms with van der Waals surface area (Å²) in [6, 6.07) is 5.73. The molecule has 1 saturated carbocycles. The van der Waals surface area contributed by atoms with Crippen LogP contribution in [0.25, 0.3) is 0 Å². The van der Waals surface area contributed by atoms with Crippen molar-refractivity contribution in [2.75, 3.05) is 0 Å². The van der Waals surface area contributed by atoms with Crippen molar-refractivity contribution in [3.63, 3.8) is 0 Å². The van der Waals surface area contributed by atoms with Crippen molar-refractivity contribution in [2.45, 2.75) is 43.4 Å². The lowest BCUT2D eigenvalue weighted by Gasteiger charge is -2.22. The fourth-order valence-electron chi connectivity index (χ4n) is 2.58. The van der Waals surface area contributed by atoms with Crippen molar-refractivity contribution in [1.29, 1.82) is 0 Å². The summed E-state index contributed by atoms with van der Waals surface area (Å²) in [7, 11) is 0. The van der Waals surface area contributed by atoms with Crippen molar-refractivity contribution in [3.05, 3.63) is 33.8 Å². The quantitative estimate of drug-likeness (QED) is 0.433. The van der Waals surface area contributed by atoms with Gasteiger partial charge in [0.15, 0.2) is 0 Å². The van der Waals surface area contributed by atoms with E-state index in [4.69, 9.17) is 23.2 Å². The van der Waals surface area contributed by atoms with Crippen LogP contribution in [0, 0.1) is 5.92 Å². The molecular formula is C14H17BrCl2. The highest BCUT2D eigenvalue weighted by atomic mass is 79.9. The Balaban J connectivity index is 2.16. The highest BCUT2D eigenvalue weighted by Gasteiger charge is 2.23. The fourth-order valence-corrected chi connectivity index (χ4v) is 4.04. The van der Waals surface area contributed by atoms with Crippen LogP contribution in [0.1, 0.15) is 48.9 Å². The van der Waals surface area contributed by atoms with Crippen LogP contribution in [0.3, 0.4) is 0 Å². The molecule has 1 aromatic rings. The van der Waals surface area contributed by atoms with Gasteiger partial charge < -0.3 is 0 Å². The van der Waals surface area contributed by atoms with Gasteiger partial charge in [-0.3, -0.25) is 0 Å². The molecule has 0 radical (unpaired) electrons. The Bertz CT molecular complexity index is 370. The van der Waals surface area contributed by atoms with E-state index in [2.05, 4.69) is 15.9 Å². The van der Waals surface area contributed by atoms with Crippen LogP contribution in [0.2, 0.25) is 10.0 Å². The number of hydrogen-bond donors (Lipinski definition) is 0. The minimum atomic E-state index is 0.340. The van der Waals surface area contributed by atoms with Gasteiger partial charge in [-0.05, 0) is 42.5 Å². The molecular weight excluding hydrogens is 319 g/mol. The summed E-state index contributed by atoms with van der Waals surface area (Å²) in [5, 5.41) is 1.59. The molecule has 3 heteroatoms. The van der Waals surface area contributed by atoms with E-state index < -0.39 is 0 Å². The highest BCUT2D eigenvalue weighted by molar-refractivity contribution is 9.09. The van der Waals surface area contributed by atoms with E-state index >= 15 is 0 Å². The van der Waals surface area contributed by atoms with Gasteiger partial charge in [0.05, 0.1) is 0 Å². The normalized spacial score (nSPS) is 19.9. The summed E-state index contributed by atoms with van der Waals surface area (Å²) >= 11 is 16.1. The standard InChI is InChI=1S/C14H17BrCl2/c15-14(10-5-3-1-2-4-6-10)12-9-11(16)7-8-13(12)17/h7-10,14H,1-6H2. The second-order valence-electron chi connectivity index (χ2n) is 4.82. The van der Waals surface area contributed by atoms with Crippen LogP contribution in [-0.4, -0.2) is 0 Å². The third-order valence-electron chi connectivity index (χ3n) is 3.57. The largest absolute Gasteiger partial charge is 0.0843 e. The number of hydrogen-bond acceptors (Lipinski definition) is 0. The summed E-state index contributed by atoms with van der Waals surface area (Å²) in [4.78, 5) is 0.340. The molecule has 1 fully saturated rings. The minimum Gasteiger partial charge on any atom is -0.0843 e. The lowest BCUT2D eigenvalue weighted by atomic mass is 9.92. The first-order chi connectivity index (χ1) is 8.18. The molecule has 1 aliphatic rings. The lowest BCUT2D eigenvalue weighted by molar-refractivity contribution is 0.455. The zero-order chi connectivity index (χ0) is 12.3. The maximum atomic E-state index is 6.26. The number of halogens is 3. The third kappa shape index (κ3) is 3.62. The SMILES string of the molecule is Clc1ccc(Cl)c(C(Br)C2CCCCCC2)c1. The van der Waals surface area contributed by atoms with Crippen LogP contribution in [0.4, 0.5) is 0 Å². The molecule has 0 heterocycles. The molecule has 0 N–H and O–H groups in total. The average molecular weight is 336 g/mol. The molecule has 0 bridgehead atoms. The molecule has 0 nitrogen and oxygen atoms in total. The molecule has 0 spiro atoms. The molecule has 0 aromatic heterocycles. The van der Waals surface area contributed by atoms with Gasteiger partial charge in [0.2, 0.25) is 0 Å². The summed E-state index contributed by atoms with van der Waals surface area (Å²) in [6.45, 7) is 0. The number of alkyl halides is 1. The Labute approximate surface area is 122 Å². The van der Waals surface area contributed by atoms with Gasteiger partial charge in [0.25, 0.3) is 0 Å². The minimum absolute atomic E-state index is 0.340. The molecule has 1 atom stereocenters. The van der Waals surface area contributed by atoms with Crippen molar-refractivity contribution in [1.82, 2.24) is 0 Å². The first kappa shape index (κ1) is 13.7. The maximum Gasteiger partial charge on any atom is 0.0450 e. The zero-order valence-corrected chi connectivity index (χ0v) is 12.9. The van der Waals surface area contributed by atoms with E-state index in [0.717, 1.165) is 15.6 Å². The van der Waals surface area contributed by atoms with Gasteiger partial charge >= 0.3 is 0 Å². The topological polar surface area (TPSA) is 0 Å². The zero-order valence-electron chi connectivity index (χ0n) is 9.76. The van der Waals surface area contributed by atoms with Crippen LogP contribution in [0.15, 0.2) is 18.2 Å². The molecule has 94 valence electrons. The molecule has 1 aliphatic carbocycles. The monoisotopic (exact) mass is 334 g/mol. The van der Waals surface area contributed by atoms with Gasteiger partial charge in [0.1, 0.15) is 0 Å². The molecule has 1 aromatic carbocycles. The van der Waals surface area contributed by atoms with Crippen molar-refractivity contribution >= 4 is 39.1 Å². The Morgan fingerprint density at radius 2 is 1.71 bits per heavy atom. The van der Waals surface area contributed by atoms with Crippen molar-refractivity contribution < 1.29 is 0 Å². The van der Waals surface area contributed by atoms with Crippen molar-refractivity contribution in [3.8, 4) is 0 Å². The summed E-state index contributed by atoms with van der Waals surface area (Å²) in [5.41, 5.74) is 1.14. The molecule has 17 heavy (non-hydrogen) atoms. The second kappa shape index (κ2) is 6.45. The van der Waals surface area contributed by atoms with Crippen LogP contribution < -0.4 is 0 Å². The fraction of sp³-hybridized carbons (Fsp3) is 0.571. The van der Waals surface area contributed by atoms with Gasteiger partial charge in [-0.25, -0.2) is 0 Å². The molecule has 0 saturated heterocycles. The second-order valence-corrected chi connectivity index (χ2v) is 6.65. The van der Waals surface area contributed by atoms with Crippen LogP contribution in [0.5, 0.6) is 0 Å². The van der Waals surface area contributed by atoms with E-state index in [-0.39, 0.29) is 0 Å². The first-order valence-electron chi connectivity index (χ1n) is 6.27. The molecule has 0 amide bonds. The Morgan fingerprint density at radius 3 is 2.35 bits per heavy atom. The van der Waals surface area contributed by atoms with Crippen LogP contribution >= 0.6 is 39.1 Å². The van der Waals surface area contributed by atoms with E-state index in [9.17, 15) is 0 Å². The Kier molecular flexibility index (Phi) is 5.20. The van der Waals surface area contributed by atoms with E-state index in [1.165, 1.54) is 38.5 Å². The van der Waals surface area contributed by atoms with Gasteiger partial charge in [0, 0.05) is 14.9 Å². The maximum absolute atomic E-state index is 6.26. The highest BCUT2D eigenvalue weighted by Crippen LogP contribution is 2.42. The van der Waals surface area contributed by atoms with E-state index in [1.54, 1.807) is 0 Å². The van der Waals surface area contributed by atoms with Gasteiger partial charge in [-0.2, -0.15) is 0 Å². The van der Waals surface area contributed by atoms with Gasteiger partial charge in [-0.1, -0.05) is 64.8 Å². The Morgan fingerprint density at radius 1 is 1.06 bits per heavy atom. The van der Waals surface area contributed by atoms with Crippen LogP contribution in [-0.2, 0) is 0 Å². The lowest BCUT2D eigenvalue weighted by Crippen LogP contribution is -2.07. The third-order valence-corrected chi connectivity index (χ3v) is 5.39. The van der Waals surface area contributed by atoms with E-state index in [1.807, 2.05) is 18.2 Å². The van der Waals surface area contributed by atoms with E-state index in [0.29, 0.717) is 10.7 Å². The Hall–Kier alpha value is 0.280. The predicted molar refractivity (Wildman–Crippen MR) is 79.3 cm³/mol. The van der Waals surface area contributed by atoms with Gasteiger partial charge in [-0.15, -0.1) is 0 Å². The molecule has 1 unspecified atom stereocenters. The average Bonchev–Trinajstić information content (AvgIpc) is 2.60. The van der Waals surface area contributed by atoms with Crippen molar-refractivity contribution in [2.24, 2.45) is 5.92 Å². The predicted octanol–water partition coefficient (Wildman–Crippen LogP) is 6.40.